The van der Waals surface area contributed by atoms with Crippen molar-refractivity contribution in [3.63, 3.8) is 0 Å². The number of alkyl halides is 2. The fourth-order valence-corrected chi connectivity index (χ4v) is 7.38. The molecule has 0 spiro atoms. The molecule has 6 aromatic heterocycles. The van der Waals surface area contributed by atoms with Crippen molar-refractivity contribution in [3.8, 4) is 16.9 Å². The molecule has 1 saturated heterocycles. The summed E-state index contributed by atoms with van der Waals surface area (Å²) in [6.07, 6.45) is 6.58. The number of aryl methyl sites for hydroxylation is 1. The summed E-state index contributed by atoms with van der Waals surface area (Å²) >= 11 is 0. The number of anilines is 1. The highest BCUT2D eigenvalue weighted by Gasteiger charge is 2.32. The number of imide groups is 1. The Kier molecular flexibility index (Phi) is 8.14. The number of carbonyl (C=O) groups is 3. The highest BCUT2D eigenvalue weighted by molar-refractivity contribution is 6.08. The molecule has 2 aliphatic rings. The topological polar surface area (TPSA) is 184 Å². The Morgan fingerprint density at radius 2 is 1.95 bits per heavy atom. The first kappa shape index (κ1) is 33.9. The molecule has 9 rings (SSSR count). The van der Waals surface area contributed by atoms with E-state index in [-0.39, 0.29) is 35.7 Å². The van der Waals surface area contributed by atoms with Crippen LogP contribution in [0, 0.1) is 0 Å². The second-order valence-corrected chi connectivity index (χ2v) is 13.4. The number of hydrogen-bond acceptors (Lipinski definition) is 10. The van der Waals surface area contributed by atoms with Crippen LogP contribution in [0.25, 0.3) is 33.6 Å². The number of aromatic nitrogens is 10. The van der Waals surface area contributed by atoms with E-state index in [1.54, 1.807) is 31.4 Å². The van der Waals surface area contributed by atoms with Crippen LogP contribution in [0.3, 0.4) is 0 Å². The van der Waals surface area contributed by atoms with Crippen LogP contribution >= 0.6 is 0 Å². The van der Waals surface area contributed by atoms with Crippen LogP contribution in [0.4, 0.5) is 14.5 Å². The van der Waals surface area contributed by atoms with Gasteiger partial charge in [0.15, 0.2) is 11.3 Å². The van der Waals surface area contributed by atoms with E-state index in [4.69, 9.17) is 0 Å². The van der Waals surface area contributed by atoms with Crippen molar-refractivity contribution in [1.82, 2.24) is 58.3 Å². The smallest absolute Gasteiger partial charge is 0.329 e. The van der Waals surface area contributed by atoms with Gasteiger partial charge in [-0.3, -0.25) is 33.7 Å². The molecule has 7 aromatic rings. The van der Waals surface area contributed by atoms with E-state index in [9.17, 15) is 28.0 Å². The fourth-order valence-electron chi connectivity index (χ4n) is 7.38. The molecule has 17 nitrogen and oxygen atoms in total. The number of nitrogens with one attached hydrogen (secondary N) is 2. The highest BCUT2D eigenvalue weighted by atomic mass is 19.3. The van der Waals surface area contributed by atoms with E-state index in [2.05, 4.69) is 40.7 Å². The van der Waals surface area contributed by atoms with Crippen molar-refractivity contribution in [3.05, 3.63) is 107 Å². The van der Waals surface area contributed by atoms with Crippen molar-refractivity contribution in [2.75, 3.05) is 11.9 Å². The standard InChI is InChI=1S/C36H31F2N13O4/c1-46-31-23(4-2-5-27(31)51(36(46)55)28-6-7-29(52)44-35(28)54)25-12-20(40-19-41-25)15-47-10-11-48-17-22(13-21(48)16-47)50-18-26(30(45-50)32(37)38)43-34(53)24-14-42-49-9-3-8-39-33(24)49/h2-5,8-9,12-14,17-19,28,32H,6-7,10-11,15-16H2,1H3,(H,43,53)(H,44,52,54). The summed E-state index contributed by atoms with van der Waals surface area (Å²) in [6.45, 7) is 2.31. The summed E-state index contributed by atoms with van der Waals surface area (Å²) in [7, 11) is 1.64. The zero-order chi connectivity index (χ0) is 38.0. The number of amides is 3. The SMILES string of the molecule is Cn1c(=O)n(C2CCC(=O)NC2=O)c2cccc(-c3cc(CN4CCn5cc(-n6cc(NC(=O)c7cnn8cccnc78)c(C(F)F)n6)cc5C4)ncn3)c21. The lowest BCUT2D eigenvalue weighted by atomic mass is 10.0. The summed E-state index contributed by atoms with van der Waals surface area (Å²) in [5, 5.41) is 13.1. The van der Waals surface area contributed by atoms with Crippen molar-refractivity contribution in [2.24, 2.45) is 7.05 Å². The van der Waals surface area contributed by atoms with E-state index in [0.717, 1.165) is 11.4 Å². The second kappa shape index (κ2) is 13.2. The first-order valence-corrected chi connectivity index (χ1v) is 17.4. The average Bonchev–Trinajstić information content (AvgIpc) is 3.96. The van der Waals surface area contributed by atoms with E-state index in [1.165, 1.54) is 43.2 Å². The van der Waals surface area contributed by atoms with Crippen LogP contribution in [-0.4, -0.2) is 77.2 Å². The number of hydrogen-bond donors (Lipinski definition) is 2. The molecule has 1 fully saturated rings. The number of nitrogens with zero attached hydrogens (tertiary/aromatic N) is 11. The maximum absolute atomic E-state index is 14.1. The average molecular weight is 748 g/mol. The molecule has 1 unspecified atom stereocenters. The normalized spacial score (nSPS) is 16.3. The Hall–Kier alpha value is -6.89. The lowest BCUT2D eigenvalue weighted by molar-refractivity contribution is -0.135. The predicted molar refractivity (Wildman–Crippen MR) is 191 cm³/mol. The lowest BCUT2D eigenvalue weighted by Crippen LogP contribution is -2.44. The molecule has 55 heavy (non-hydrogen) atoms. The molecule has 0 aliphatic carbocycles. The van der Waals surface area contributed by atoms with Gasteiger partial charge in [-0.2, -0.15) is 10.2 Å². The second-order valence-electron chi connectivity index (χ2n) is 13.4. The van der Waals surface area contributed by atoms with Crippen molar-refractivity contribution >= 4 is 40.1 Å². The van der Waals surface area contributed by atoms with Crippen LogP contribution in [0.1, 0.15) is 52.7 Å². The Bertz CT molecular complexity index is 2740. The van der Waals surface area contributed by atoms with Crippen LogP contribution < -0.4 is 16.3 Å². The van der Waals surface area contributed by atoms with E-state index in [0.29, 0.717) is 59.8 Å². The van der Waals surface area contributed by atoms with Crippen LogP contribution in [0.5, 0.6) is 0 Å². The summed E-state index contributed by atoms with van der Waals surface area (Å²) in [4.78, 5) is 66.4. The third-order valence-electron chi connectivity index (χ3n) is 10.0. The summed E-state index contributed by atoms with van der Waals surface area (Å²) in [6, 6.07) is 10.0. The Morgan fingerprint density at radius 3 is 2.78 bits per heavy atom. The first-order chi connectivity index (χ1) is 26.6. The van der Waals surface area contributed by atoms with Crippen molar-refractivity contribution in [2.45, 2.75) is 44.9 Å². The van der Waals surface area contributed by atoms with E-state index in [1.807, 2.05) is 29.0 Å². The van der Waals surface area contributed by atoms with Gasteiger partial charge in [-0.15, -0.1) is 0 Å². The number of benzene rings is 1. The van der Waals surface area contributed by atoms with Gasteiger partial charge in [0.1, 0.15) is 17.9 Å². The van der Waals surface area contributed by atoms with Crippen LogP contribution in [-0.2, 0) is 36.3 Å². The zero-order valence-electron chi connectivity index (χ0n) is 29.1. The summed E-state index contributed by atoms with van der Waals surface area (Å²) in [5.74, 6) is -1.50. The first-order valence-electron chi connectivity index (χ1n) is 17.4. The molecule has 0 bridgehead atoms. The van der Waals surface area contributed by atoms with Gasteiger partial charge in [0.25, 0.3) is 12.3 Å². The van der Waals surface area contributed by atoms with Crippen molar-refractivity contribution < 1.29 is 23.2 Å². The van der Waals surface area contributed by atoms with E-state index >= 15 is 0 Å². The number of halogens is 2. The lowest BCUT2D eigenvalue weighted by Gasteiger charge is -2.28. The highest BCUT2D eigenvalue weighted by Crippen LogP contribution is 2.32. The number of imidazole rings is 1. The molecule has 1 aromatic carbocycles. The Labute approximate surface area is 308 Å². The van der Waals surface area contributed by atoms with Gasteiger partial charge in [-0.1, -0.05) is 12.1 Å². The molecule has 19 heteroatoms. The van der Waals surface area contributed by atoms with Gasteiger partial charge >= 0.3 is 5.69 Å². The molecular weight excluding hydrogens is 716 g/mol. The molecule has 8 heterocycles. The molecule has 0 saturated carbocycles. The monoisotopic (exact) mass is 747 g/mol. The van der Waals surface area contributed by atoms with Crippen LogP contribution in [0.2, 0.25) is 0 Å². The number of piperidine rings is 1. The molecule has 1 atom stereocenters. The minimum absolute atomic E-state index is 0.121. The van der Waals surface area contributed by atoms with Crippen LogP contribution in [0.15, 0.2) is 78.5 Å². The Morgan fingerprint density at radius 1 is 1.07 bits per heavy atom. The molecule has 2 aliphatic heterocycles. The van der Waals surface area contributed by atoms with E-state index < -0.39 is 30.0 Å². The fraction of sp³-hybridized carbons (Fsp3) is 0.250. The minimum atomic E-state index is -2.94. The zero-order valence-corrected chi connectivity index (χ0v) is 29.1. The molecule has 2 N–H and O–H groups in total. The molecule has 3 amide bonds. The number of rotatable bonds is 8. The molecular formula is C36H31F2N13O4. The molecule has 0 radical (unpaired) electrons. The van der Waals surface area contributed by atoms with Gasteiger partial charge in [-0.25, -0.2) is 37.7 Å². The van der Waals surface area contributed by atoms with Crippen molar-refractivity contribution in [1.29, 1.82) is 0 Å². The van der Waals surface area contributed by atoms with Gasteiger partial charge in [0.2, 0.25) is 11.8 Å². The van der Waals surface area contributed by atoms with Gasteiger partial charge in [0.05, 0.1) is 46.2 Å². The maximum Gasteiger partial charge on any atom is 0.329 e. The summed E-state index contributed by atoms with van der Waals surface area (Å²) in [5.41, 5.74) is 4.06. The molecule has 278 valence electrons. The Balaban J connectivity index is 0.938. The third kappa shape index (κ3) is 5.93. The number of carbonyl (C=O) groups excluding carboxylic acids is 3. The van der Waals surface area contributed by atoms with Gasteiger partial charge in [0, 0.05) is 69.5 Å². The number of fused-ring (bicyclic) bond motifs is 3. The quantitative estimate of drug-likeness (QED) is 0.219. The minimum Gasteiger partial charge on any atom is -0.347 e. The number of para-hydroxylation sites is 1. The van der Waals surface area contributed by atoms with Gasteiger partial charge in [-0.05, 0) is 30.7 Å². The largest absolute Gasteiger partial charge is 0.347 e. The maximum atomic E-state index is 14.1. The summed E-state index contributed by atoms with van der Waals surface area (Å²) < 4.78 is 36.0. The van der Waals surface area contributed by atoms with Gasteiger partial charge < -0.3 is 9.88 Å². The predicted octanol–water partition coefficient (Wildman–Crippen LogP) is 3.01. The third-order valence-corrected chi connectivity index (χ3v) is 10.0.